The molecular formula is C18H26N2O2S. The van der Waals surface area contributed by atoms with Gasteiger partial charge in [-0.1, -0.05) is 6.07 Å². The van der Waals surface area contributed by atoms with Crippen molar-refractivity contribution in [2.75, 3.05) is 19.7 Å². The number of ether oxygens (including phenoxy) is 1. The molecule has 0 unspecified atom stereocenters. The van der Waals surface area contributed by atoms with Crippen molar-refractivity contribution in [2.45, 2.75) is 50.8 Å². The van der Waals surface area contributed by atoms with E-state index in [0.29, 0.717) is 18.3 Å². The molecule has 1 amide bonds. The second-order valence-corrected chi connectivity index (χ2v) is 8.36. The van der Waals surface area contributed by atoms with Crippen LogP contribution in [-0.4, -0.2) is 42.6 Å². The number of amides is 1. The van der Waals surface area contributed by atoms with Crippen LogP contribution in [0.15, 0.2) is 17.5 Å². The van der Waals surface area contributed by atoms with Gasteiger partial charge in [0.2, 0.25) is 5.91 Å². The van der Waals surface area contributed by atoms with Crippen molar-refractivity contribution in [2.24, 2.45) is 11.8 Å². The van der Waals surface area contributed by atoms with Gasteiger partial charge in [-0.3, -0.25) is 9.69 Å². The molecule has 23 heavy (non-hydrogen) atoms. The fourth-order valence-corrected chi connectivity index (χ4v) is 4.77. The Kier molecular flexibility index (Phi) is 4.69. The Balaban J connectivity index is 1.41. The van der Waals surface area contributed by atoms with E-state index in [1.54, 1.807) is 0 Å². The normalized spacial score (nSPS) is 31.6. The van der Waals surface area contributed by atoms with Gasteiger partial charge in [0.25, 0.3) is 0 Å². The number of nitrogens with zero attached hydrogens (tertiary/aromatic N) is 1. The van der Waals surface area contributed by atoms with Gasteiger partial charge in [-0.25, -0.2) is 0 Å². The van der Waals surface area contributed by atoms with Crippen LogP contribution in [0.25, 0.3) is 0 Å². The van der Waals surface area contributed by atoms with Gasteiger partial charge in [0.1, 0.15) is 0 Å². The van der Waals surface area contributed by atoms with Crippen LogP contribution in [0.5, 0.6) is 0 Å². The summed E-state index contributed by atoms with van der Waals surface area (Å²) in [6.07, 6.45) is 5.75. The van der Waals surface area contributed by atoms with E-state index in [2.05, 4.69) is 27.7 Å². The van der Waals surface area contributed by atoms with E-state index in [1.165, 1.54) is 24.1 Å². The van der Waals surface area contributed by atoms with Gasteiger partial charge < -0.3 is 10.1 Å². The second-order valence-electron chi connectivity index (χ2n) is 7.33. The van der Waals surface area contributed by atoms with E-state index in [9.17, 15) is 4.79 Å². The smallest absolute Gasteiger partial charge is 0.220 e. The first kappa shape index (κ1) is 15.6. The molecule has 3 fully saturated rings. The van der Waals surface area contributed by atoms with Crippen LogP contribution in [0.1, 0.15) is 37.0 Å². The van der Waals surface area contributed by atoms with E-state index in [0.717, 1.165) is 32.7 Å². The lowest BCUT2D eigenvalue weighted by molar-refractivity contribution is -0.128. The molecule has 0 radical (unpaired) electrons. The summed E-state index contributed by atoms with van der Waals surface area (Å²) in [7, 11) is 0. The Morgan fingerprint density at radius 3 is 3.04 bits per heavy atom. The topological polar surface area (TPSA) is 41.6 Å². The van der Waals surface area contributed by atoms with Crippen LogP contribution >= 0.6 is 11.3 Å². The molecule has 4 rings (SSSR count). The number of piperidine rings is 1. The first-order valence-electron chi connectivity index (χ1n) is 8.93. The number of nitrogens with one attached hydrogen (secondary N) is 1. The summed E-state index contributed by atoms with van der Waals surface area (Å²) in [4.78, 5) is 16.2. The number of thiophene rings is 1. The number of fused-ring (bicyclic) bond motifs is 1. The number of carbonyl (C=O) groups is 1. The number of hydrogen-bond acceptors (Lipinski definition) is 4. The molecule has 2 saturated heterocycles. The van der Waals surface area contributed by atoms with Crippen LogP contribution in [0, 0.1) is 11.8 Å². The van der Waals surface area contributed by atoms with Gasteiger partial charge in [-0.05, 0) is 49.0 Å². The highest BCUT2D eigenvalue weighted by molar-refractivity contribution is 7.09. The lowest BCUT2D eigenvalue weighted by Crippen LogP contribution is -2.60. The lowest BCUT2D eigenvalue weighted by atomic mass is 9.85. The molecule has 0 spiro atoms. The highest BCUT2D eigenvalue weighted by atomic mass is 32.1. The standard InChI is InChI=1S/C18H26N2O2S/c21-17(9-13-5-6-13)19-16-12-20(11-15-4-2-8-23-15)10-14-3-1-7-22-18(14)16/h2,4,8,13-14,16,18H,1,3,5-7,9-12H2,(H,19,21)/t14-,16+,18-/m0/s1. The molecule has 1 aliphatic carbocycles. The average molecular weight is 334 g/mol. The van der Waals surface area contributed by atoms with Crippen molar-refractivity contribution in [1.82, 2.24) is 10.2 Å². The monoisotopic (exact) mass is 334 g/mol. The predicted molar refractivity (Wildman–Crippen MR) is 91.3 cm³/mol. The maximum Gasteiger partial charge on any atom is 0.220 e. The zero-order valence-corrected chi connectivity index (χ0v) is 14.4. The number of likely N-dealkylation sites (tertiary alicyclic amines) is 1. The molecule has 5 heteroatoms. The summed E-state index contributed by atoms with van der Waals surface area (Å²) >= 11 is 1.82. The van der Waals surface area contributed by atoms with E-state index in [4.69, 9.17) is 4.74 Å². The van der Waals surface area contributed by atoms with Crippen molar-refractivity contribution < 1.29 is 9.53 Å². The maximum absolute atomic E-state index is 12.3. The summed E-state index contributed by atoms with van der Waals surface area (Å²) < 4.78 is 6.06. The summed E-state index contributed by atoms with van der Waals surface area (Å²) in [6, 6.07) is 4.47. The first-order chi connectivity index (χ1) is 11.3. The van der Waals surface area contributed by atoms with Gasteiger partial charge in [0.05, 0.1) is 12.1 Å². The molecule has 0 bridgehead atoms. The quantitative estimate of drug-likeness (QED) is 0.900. The van der Waals surface area contributed by atoms with E-state index >= 15 is 0 Å². The lowest BCUT2D eigenvalue weighted by Gasteiger charge is -2.46. The highest BCUT2D eigenvalue weighted by Gasteiger charge is 2.40. The molecule has 2 aliphatic heterocycles. The predicted octanol–water partition coefficient (Wildman–Crippen LogP) is 2.64. The SMILES string of the molecule is O=C(CC1CC1)N[C@@H]1CN(Cc2cccs2)C[C@@H]2CCCO[C@@H]21. The third kappa shape index (κ3) is 3.95. The van der Waals surface area contributed by atoms with Gasteiger partial charge in [0.15, 0.2) is 0 Å². The molecule has 1 N–H and O–H groups in total. The van der Waals surface area contributed by atoms with Crippen LogP contribution in [-0.2, 0) is 16.1 Å². The van der Waals surface area contributed by atoms with Gasteiger partial charge >= 0.3 is 0 Å². The first-order valence-corrected chi connectivity index (χ1v) is 9.81. The Morgan fingerprint density at radius 2 is 2.26 bits per heavy atom. The molecule has 1 aromatic rings. The minimum absolute atomic E-state index is 0.153. The summed E-state index contributed by atoms with van der Waals surface area (Å²) in [5.41, 5.74) is 0. The van der Waals surface area contributed by atoms with E-state index in [-0.39, 0.29) is 18.1 Å². The summed E-state index contributed by atoms with van der Waals surface area (Å²) in [5, 5.41) is 5.44. The van der Waals surface area contributed by atoms with Gasteiger partial charge in [0, 0.05) is 37.5 Å². The molecular weight excluding hydrogens is 308 g/mol. The number of hydrogen-bond donors (Lipinski definition) is 1. The van der Waals surface area contributed by atoms with Gasteiger partial charge in [-0.2, -0.15) is 0 Å². The van der Waals surface area contributed by atoms with E-state index < -0.39 is 0 Å². The fourth-order valence-electron chi connectivity index (χ4n) is 4.02. The number of carbonyl (C=O) groups excluding carboxylic acids is 1. The minimum atomic E-state index is 0.153. The molecule has 1 aromatic heterocycles. The molecule has 4 nitrogen and oxygen atoms in total. The summed E-state index contributed by atoms with van der Waals surface area (Å²) in [5.74, 6) is 1.43. The maximum atomic E-state index is 12.3. The van der Waals surface area contributed by atoms with Crippen LogP contribution in [0.4, 0.5) is 0 Å². The Hall–Kier alpha value is -0.910. The summed E-state index contributed by atoms with van der Waals surface area (Å²) in [6.45, 7) is 3.85. The van der Waals surface area contributed by atoms with E-state index in [1.807, 2.05) is 11.3 Å². The molecule has 0 aromatic carbocycles. The molecule has 3 atom stereocenters. The van der Waals surface area contributed by atoms with Crippen molar-refractivity contribution in [3.63, 3.8) is 0 Å². The Bertz CT molecular complexity index is 529. The van der Waals surface area contributed by atoms with Crippen LogP contribution < -0.4 is 5.32 Å². The zero-order valence-electron chi connectivity index (χ0n) is 13.6. The Labute approximate surface area is 142 Å². The molecule has 126 valence electrons. The minimum Gasteiger partial charge on any atom is -0.376 e. The van der Waals surface area contributed by atoms with Crippen LogP contribution in [0.3, 0.4) is 0 Å². The third-order valence-electron chi connectivity index (χ3n) is 5.32. The zero-order chi connectivity index (χ0) is 15.6. The van der Waals surface area contributed by atoms with Crippen molar-refractivity contribution in [1.29, 1.82) is 0 Å². The molecule has 1 saturated carbocycles. The van der Waals surface area contributed by atoms with Gasteiger partial charge in [-0.15, -0.1) is 11.3 Å². The van der Waals surface area contributed by atoms with Crippen molar-refractivity contribution >= 4 is 17.2 Å². The Morgan fingerprint density at radius 1 is 1.35 bits per heavy atom. The molecule has 3 heterocycles. The highest BCUT2D eigenvalue weighted by Crippen LogP contribution is 2.33. The number of rotatable bonds is 5. The second kappa shape index (κ2) is 6.91. The van der Waals surface area contributed by atoms with Crippen molar-refractivity contribution in [3.05, 3.63) is 22.4 Å². The van der Waals surface area contributed by atoms with Crippen molar-refractivity contribution in [3.8, 4) is 0 Å². The largest absolute Gasteiger partial charge is 0.376 e. The average Bonchev–Trinajstić information content (AvgIpc) is 3.20. The molecule has 3 aliphatic rings. The fraction of sp³-hybridized carbons (Fsp3) is 0.722. The van der Waals surface area contributed by atoms with Crippen LogP contribution in [0.2, 0.25) is 0 Å². The third-order valence-corrected chi connectivity index (χ3v) is 6.18.